The van der Waals surface area contributed by atoms with E-state index in [1.54, 1.807) is 12.1 Å². The van der Waals surface area contributed by atoms with Crippen LogP contribution in [0.2, 0.25) is 0 Å². The first kappa shape index (κ1) is 12.7. The smallest absolute Gasteiger partial charge is 0.426 e. The van der Waals surface area contributed by atoms with E-state index in [1.807, 2.05) is 18.2 Å². The van der Waals surface area contributed by atoms with E-state index >= 15 is 0 Å². The highest BCUT2D eigenvalue weighted by Crippen LogP contribution is 2.14. The van der Waals surface area contributed by atoms with Gasteiger partial charge in [0.15, 0.2) is 0 Å². The maximum Gasteiger partial charge on any atom is 0.514 e. The van der Waals surface area contributed by atoms with E-state index in [1.165, 1.54) is 6.92 Å². The average molecular weight is 261 g/mol. The van der Waals surface area contributed by atoms with Crippen molar-refractivity contribution in [2.24, 2.45) is 0 Å². The predicted molar refractivity (Wildman–Crippen MR) is 65.6 cm³/mol. The van der Waals surface area contributed by atoms with Gasteiger partial charge in [0.2, 0.25) is 5.82 Å². The average Bonchev–Trinajstić information content (AvgIpc) is 2.79. The fourth-order valence-corrected chi connectivity index (χ4v) is 1.57. The zero-order valence-corrected chi connectivity index (χ0v) is 10.1. The molecule has 1 aromatic carbocycles. The normalized spacial score (nSPS) is 10.2. The van der Waals surface area contributed by atoms with Gasteiger partial charge in [0.05, 0.1) is 0 Å². The molecule has 19 heavy (non-hydrogen) atoms. The van der Waals surface area contributed by atoms with Crippen molar-refractivity contribution in [1.82, 2.24) is 9.55 Å². The van der Waals surface area contributed by atoms with Crippen LogP contribution in [-0.2, 0) is 11.3 Å². The van der Waals surface area contributed by atoms with Crippen molar-refractivity contribution >= 4 is 11.9 Å². The third-order valence-electron chi connectivity index (χ3n) is 2.49. The molecule has 0 saturated heterocycles. The van der Waals surface area contributed by atoms with Gasteiger partial charge < -0.3 is 14.9 Å². The minimum Gasteiger partial charge on any atom is -0.426 e. The molecule has 98 valence electrons. The third kappa shape index (κ3) is 2.76. The number of imidazole rings is 1. The van der Waals surface area contributed by atoms with Crippen LogP contribution in [0.5, 0.6) is 0 Å². The Kier molecular flexibility index (Phi) is 3.56. The molecule has 0 bridgehead atoms. The Labute approximate surface area is 108 Å². The van der Waals surface area contributed by atoms with Gasteiger partial charge in [-0.25, -0.2) is 4.98 Å². The molecule has 1 aromatic heterocycles. The SMILES string of the molecule is Cc1ncc([N+](=O)[O-])n1C(=O)OCc1ccccc1. The molecule has 2 rings (SSSR count). The van der Waals surface area contributed by atoms with E-state index in [2.05, 4.69) is 4.98 Å². The van der Waals surface area contributed by atoms with Crippen molar-refractivity contribution in [2.45, 2.75) is 13.5 Å². The van der Waals surface area contributed by atoms with Gasteiger partial charge in [0, 0.05) is 6.92 Å². The second-order valence-electron chi connectivity index (χ2n) is 3.80. The van der Waals surface area contributed by atoms with Crippen LogP contribution >= 0.6 is 0 Å². The zero-order chi connectivity index (χ0) is 13.8. The summed E-state index contributed by atoms with van der Waals surface area (Å²) < 4.78 is 5.86. The molecule has 0 aliphatic carbocycles. The van der Waals surface area contributed by atoms with Crippen LogP contribution < -0.4 is 0 Å². The van der Waals surface area contributed by atoms with Crippen molar-refractivity contribution < 1.29 is 14.5 Å². The second-order valence-corrected chi connectivity index (χ2v) is 3.80. The standard InChI is InChI=1S/C12H11N3O4/c1-9-13-7-11(15(17)18)14(9)12(16)19-8-10-5-3-2-4-6-10/h2-7H,8H2,1H3. The molecule has 7 heteroatoms. The van der Waals surface area contributed by atoms with Crippen LogP contribution in [-0.4, -0.2) is 20.6 Å². The summed E-state index contributed by atoms with van der Waals surface area (Å²) in [4.78, 5) is 25.6. The number of carbonyl (C=O) groups is 1. The molecule has 0 amide bonds. The van der Waals surface area contributed by atoms with Crippen molar-refractivity contribution in [3.63, 3.8) is 0 Å². The van der Waals surface area contributed by atoms with E-state index in [4.69, 9.17) is 4.74 Å². The monoisotopic (exact) mass is 261 g/mol. The van der Waals surface area contributed by atoms with E-state index in [0.717, 1.165) is 16.3 Å². The number of aromatic nitrogens is 2. The number of nitrogens with zero attached hydrogens (tertiary/aromatic N) is 3. The Morgan fingerprint density at radius 3 is 2.74 bits per heavy atom. The quantitative estimate of drug-likeness (QED) is 0.624. The van der Waals surface area contributed by atoms with Gasteiger partial charge in [-0.2, -0.15) is 4.79 Å². The lowest BCUT2D eigenvalue weighted by atomic mass is 10.2. The summed E-state index contributed by atoms with van der Waals surface area (Å²) >= 11 is 0. The first-order chi connectivity index (χ1) is 9.09. The largest absolute Gasteiger partial charge is 0.514 e. The van der Waals surface area contributed by atoms with Crippen LogP contribution in [0.15, 0.2) is 36.5 Å². The lowest BCUT2D eigenvalue weighted by Crippen LogP contribution is -2.17. The molecule has 0 atom stereocenters. The van der Waals surface area contributed by atoms with E-state index in [0.29, 0.717) is 0 Å². The minimum absolute atomic E-state index is 0.0500. The summed E-state index contributed by atoms with van der Waals surface area (Å²) in [7, 11) is 0. The Bertz CT molecular complexity index is 607. The number of rotatable bonds is 3. The topological polar surface area (TPSA) is 87.3 Å². The zero-order valence-electron chi connectivity index (χ0n) is 10.1. The summed E-state index contributed by atoms with van der Waals surface area (Å²) in [5.41, 5.74) is 0.802. The molecule has 0 N–H and O–H groups in total. The molecule has 0 fully saturated rings. The van der Waals surface area contributed by atoms with Crippen LogP contribution in [0.3, 0.4) is 0 Å². The molecular formula is C12H11N3O4. The maximum absolute atomic E-state index is 11.8. The number of hydrogen-bond donors (Lipinski definition) is 0. The summed E-state index contributed by atoms with van der Waals surface area (Å²) in [5, 5.41) is 10.8. The molecule has 0 spiro atoms. The Hall–Kier alpha value is -2.70. The van der Waals surface area contributed by atoms with Gasteiger partial charge in [-0.05, 0) is 10.5 Å². The molecule has 2 aromatic rings. The molecule has 0 radical (unpaired) electrons. The van der Waals surface area contributed by atoms with E-state index in [-0.39, 0.29) is 12.4 Å². The highest BCUT2D eigenvalue weighted by molar-refractivity contribution is 5.74. The van der Waals surface area contributed by atoms with Gasteiger partial charge in [-0.3, -0.25) is 0 Å². The van der Waals surface area contributed by atoms with E-state index in [9.17, 15) is 14.9 Å². The van der Waals surface area contributed by atoms with Crippen LogP contribution in [0.4, 0.5) is 10.6 Å². The number of benzene rings is 1. The lowest BCUT2D eigenvalue weighted by Gasteiger charge is -2.03. The summed E-state index contributed by atoms with van der Waals surface area (Å²) in [6.07, 6.45) is 0.213. The number of nitro groups is 1. The number of aryl methyl sites for hydroxylation is 1. The van der Waals surface area contributed by atoms with Crippen LogP contribution in [0, 0.1) is 17.0 Å². The molecular weight excluding hydrogens is 250 g/mol. The predicted octanol–water partition coefficient (Wildman–Crippen LogP) is 2.28. The Balaban J connectivity index is 2.12. The summed E-state index contributed by atoms with van der Waals surface area (Å²) in [6.45, 7) is 1.55. The summed E-state index contributed by atoms with van der Waals surface area (Å²) in [6, 6.07) is 9.06. The number of hydrogen-bond acceptors (Lipinski definition) is 5. The van der Waals surface area contributed by atoms with Crippen molar-refractivity contribution in [1.29, 1.82) is 0 Å². The molecule has 0 aliphatic rings. The van der Waals surface area contributed by atoms with Gasteiger partial charge in [0.1, 0.15) is 12.8 Å². The Morgan fingerprint density at radius 1 is 1.42 bits per heavy atom. The number of ether oxygens (including phenoxy) is 1. The van der Waals surface area contributed by atoms with Crippen LogP contribution in [0.1, 0.15) is 11.4 Å². The van der Waals surface area contributed by atoms with Gasteiger partial charge in [-0.15, -0.1) is 4.57 Å². The van der Waals surface area contributed by atoms with Crippen LogP contribution in [0.25, 0.3) is 0 Å². The maximum atomic E-state index is 11.8. The van der Waals surface area contributed by atoms with Crippen molar-refractivity contribution in [2.75, 3.05) is 0 Å². The molecule has 0 saturated carbocycles. The molecule has 7 nitrogen and oxygen atoms in total. The van der Waals surface area contributed by atoms with Gasteiger partial charge in [0.25, 0.3) is 0 Å². The highest BCUT2D eigenvalue weighted by Gasteiger charge is 2.25. The highest BCUT2D eigenvalue weighted by atomic mass is 16.6. The molecule has 1 heterocycles. The third-order valence-corrected chi connectivity index (χ3v) is 2.49. The first-order valence-corrected chi connectivity index (χ1v) is 5.49. The minimum atomic E-state index is -0.814. The fourth-order valence-electron chi connectivity index (χ4n) is 1.57. The van der Waals surface area contributed by atoms with Gasteiger partial charge in [-0.1, -0.05) is 30.3 Å². The van der Waals surface area contributed by atoms with Gasteiger partial charge >= 0.3 is 11.9 Å². The van der Waals surface area contributed by atoms with Crippen molar-refractivity contribution in [3.05, 3.63) is 58.0 Å². The lowest BCUT2D eigenvalue weighted by molar-refractivity contribution is -0.391. The van der Waals surface area contributed by atoms with Crippen molar-refractivity contribution in [3.8, 4) is 0 Å². The van der Waals surface area contributed by atoms with E-state index < -0.39 is 16.8 Å². The number of carbonyl (C=O) groups excluding carboxylic acids is 1. The second kappa shape index (κ2) is 5.30. The fraction of sp³-hybridized carbons (Fsp3) is 0.167. The Morgan fingerprint density at radius 2 is 2.11 bits per heavy atom. The summed E-state index contributed by atoms with van der Waals surface area (Å²) in [5.74, 6) is -0.194. The molecule has 0 aliphatic heterocycles. The first-order valence-electron chi connectivity index (χ1n) is 5.49. The molecule has 0 unspecified atom stereocenters.